The first-order valence-corrected chi connectivity index (χ1v) is 36.1. The Kier molecular flexibility index (Phi) is 58.2. The number of aliphatic hydroxyl groups is 5. The van der Waals surface area contributed by atoms with E-state index in [-0.39, 0.29) is 13.0 Å². The zero-order valence-electron chi connectivity index (χ0n) is 55.2. The molecule has 0 saturated carbocycles. The quantitative estimate of drug-likeness (QED) is 0.0195. The maximum absolute atomic E-state index is 13.5. The molecule has 11 heteroatoms. The highest BCUT2D eigenvalue weighted by Crippen LogP contribution is 2.26. The molecule has 1 aliphatic rings. The highest BCUT2D eigenvalue weighted by atomic mass is 16.7. The van der Waals surface area contributed by atoms with Crippen molar-refractivity contribution in [2.24, 2.45) is 0 Å². The molecular weight excluding hydrogens is 1060 g/mol. The van der Waals surface area contributed by atoms with Gasteiger partial charge in [-0.05, 0) is 89.9 Å². The van der Waals surface area contributed by atoms with Crippen LogP contribution in [0.5, 0.6) is 0 Å². The van der Waals surface area contributed by atoms with E-state index in [2.05, 4.69) is 74.7 Å². The van der Waals surface area contributed by atoms with E-state index in [1.165, 1.54) is 205 Å². The van der Waals surface area contributed by atoms with Gasteiger partial charge >= 0.3 is 5.97 Å². The van der Waals surface area contributed by atoms with Crippen LogP contribution in [-0.2, 0) is 23.8 Å². The van der Waals surface area contributed by atoms with Crippen LogP contribution in [0, 0.1) is 0 Å². The SMILES string of the molecule is CCCCC/C=C\C/C=C\C/C=C\CCCCCCCCCCCCCCCC(O)C(=O)NC(COC1OC(CO)C(O)C(O)C1OC(=O)CCCCCCCCC/C=C/CCCCCCCC)C(O)/C=C/CCCCCCCCCCCCC. The molecule has 1 saturated heterocycles. The molecule has 11 nitrogen and oxygen atoms in total. The summed E-state index contributed by atoms with van der Waals surface area (Å²) in [4.78, 5) is 26.7. The second kappa shape index (κ2) is 61.6. The average Bonchev–Trinajstić information content (AvgIpc) is 3.22. The Hall–Kier alpha value is -2.64. The van der Waals surface area contributed by atoms with E-state index in [0.717, 1.165) is 83.5 Å². The zero-order chi connectivity index (χ0) is 61.7. The van der Waals surface area contributed by atoms with Gasteiger partial charge in [0, 0.05) is 6.42 Å². The molecule has 0 aromatic rings. The molecule has 0 bridgehead atoms. The van der Waals surface area contributed by atoms with Gasteiger partial charge in [0.15, 0.2) is 12.4 Å². The minimum Gasteiger partial charge on any atom is -0.454 e. The van der Waals surface area contributed by atoms with Crippen molar-refractivity contribution in [3.8, 4) is 0 Å². The van der Waals surface area contributed by atoms with Crippen molar-refractivity contribution in [1.29, 1.82) is 0 Å². The highest BCUT2D eigenvalue weighted by Gasteiger charge is 2.47. The minimum absolute atomic E-state index is 0.119. The summed E-state index contributed by atoms with van der Waals surface area (Å²) in [6.07, 6.45) is 68.3. The van der Waals surface area contributed by atoms with E-state index in [4.69, 9.17) is 14.2 Å². The molecule has 6 N–H and O–H groups in total. The van der Waals surface area contributed by atoms with Gasteiger partial charge in [-0.25, -0.2) is 0 Å². The van der Waals surface area contributed by atoms with Crippen molar-refractivity contribution in [1.82, 2.24) is 5.32 Å². The normalized spacial score (nSPS) is 18.7. The van der Waals surface area contributed by atoms with Crippen LogP contribution < -0.4 is 5.32 Å². The minimum atomic E-state index is -1.62. The lowest BCUT2D eigenvalue weighted by Crippen LogP contribution is -2.61. The number of allylic oxidation sites excluding steroid dienone is 9. The van der Waals surface area contributed by atoms with Crippen molar-refractivity contribution >= 4 is 11.9 Å². The third kappa shape index (κ3) is 48.9. The number of ether oxygens (including phenoxy) is 3. The molecule has 1 heterocycles. The lowest BCUT2D eigenvalue weighted by molar-refractivity contribution is -0.305. The molecule has 1 amide bonds. The molecule has 85 heavy (non-hydrogen) atoms. The Balaban J connectivity index is 2.57. The number of rotatable bonds is 62. The predicted molar refractivity (Wildman–Crippen MR) is 356 cm³/mol. The molecule has 1 rings (SSSR count). The maximum atomic E-state index is 13.5. The summed E-state index contributed by atoms with van der Waals surface area (Å²) in [5.74, 6) is -1.19. The summed E-state index contributed by atoms with van der Waals surface area (Å²) in [6.45, 7) is 5.80. The second-order valence-electron chi connectivity index (χ2n) is 25.0. The van der Waals surface area contributed by atoms with Gasteiger partial charge in [-0.2, -0.15) is 0 Å². The number of carbonyl (C=O) groups excluding carboxylic acids is 2. The molecule has 496 valence electrons. The van der Waals surface area contributed by atoms with Crippen LogP contribution in [0.4, 0.5) is 0 Å². The highest BCUT2D eigenvalue weighted by molar-refractivity contribution is 5.80. The molecular formula is C74H135NO10. The number of carbonyl (C=O) groups is 2. The van der Waals surface area contributed by atoms with Gasteiger partial charge in [0.25, 0.3) is 0 Å². The smallest absolute Gasteiger partial charge is 0.306 e. The molecule has 0 aliphatic carbocycles. The maximum Gasteiger partial charge on any atom is 0.306 e. The van der Waals surface area contributed by atoms with E-state index in [9.17, 15) is 35.1 Å². The van der Waals surface area contributed by atoms with Crippen LogP contribution in [0.1, 0.15) is 335 Å². The van der Waals surface area contributed by atoms with Gasteiger partial charge in [-0.1, -0.05) is 300 Å². The number of amides is 1. The monoisotopic (exact) mass is 1200 g/mol. The molecule has 1 aliphatic heterocycles. The van der Waals surface area contributed by atoms with Gasteiger partial charge in [0.2, 0.25) is 5.91 Å². The van der Waals surface area contributed by atoms with Crippen LogP contribution >= 0.6 is 0 Å². The Morgan fingerprint density at radius 3 is 1.25 bits per heavy atom. The Labute approximate surface area is 522 Å². The number of esters is 1. The number of nitrogens with one attached hydrogen (secondary N) is 1. The summed E-state index contributed by atoms with van der Waals surface area (Å²) >= 11 is 0. The largest absolute Gasteiger partial charge is 0.454 e. The van der Waals surface area contributed by atoms with Gasteiger partial charge in [-0.3, -0.25) is 9.59 Å². The first-order valence-electron chi connectivity index (χ1n) is 36.1. The molecule has 0 spiro atoms. The predicted octanol–water partition coefficient (Wildman–Crippen LogP) is 18.5. The fraction of sp³-hybridized carbons (Fsp3) is 0.838. The van der Waals surface area contributed by atoms with Crippen LogP contribution in [0.3, 0.4) is 0 Å². The Morgan fingerprint density at radius 2 is 0.812 bits per heavy atom. The zero-order valence-corrected chi connectivity index (χ0v) is 55.2. The number of unbranched alkanes of at least 4 members (excludes halogenated alkanes) is 40. The van der Waals surface area contributed by atoms with Crippen LogP contribution in [0.2, 0.25) is 0 Å². The number of hydrogen-bond donors (Lipinski definition) is 6. The second-order valence-corrected chi connectivity index (χ2v) is 25.0. The Bertz CT molecular complexity index is 1620. The van der Waals surface area contributed by atoms with Crippen LogP contribution in [-0.4, -0.2) is 99.6 Å². The number of aliphatic hydroxyl groups excluding tert-OH is 5. The molecule has 0 aromatic heterocycles. The van der Waals surface area contributed by atoms with E-state index in [1.54, 1.807) is 6.08 Å². The third-order valence-corrected chi connectivity index (χ3v) is 16.9. The van der Waals surface area contributed by atoms with Crippen molar-refractivity contribution in [3.05, 3.63) is 60.8 Å². The summed E-state index contributed by atoms with van der Waals surface area (Å²) in [5.41, 5.74) is 0. The fourth-order valence-corrected chi connectivity index (χ4v) is 11.2. The molecule has 8 atom stereocenters. The summed E-state index contributed by atoms with van der Waals surface area (Å²) in [5, 5.41) is 57.3. The number of hydrogen-bond acceptors (Lipinski definition) is 10. The van der Waals surface area contributed by atoms with Gasteiger partial charge in [0.05, 0.1) is 25.4 Å². The van der Waals surface area contributed by atoms with Crippen molar-refractivity contribution in [2.45, 2.75) is 384 Å². The third-order valence-electron chi connectivity index (χ3n) is 16.9. The average molecular weight is 1200 g/mol. The van der Waals surface area contributed by atoms with Crippen LogP contribution in [0.25, 0.3) is 0 Å². The molecule has 0 radical (unpaired) electrons. The summed E-state index contributed by atoms with van der Waals surface area (Å²) in [6, 6.07) is -1.03. The van der Waals surface area contributed by atoms with Crippen LogP contribution in [0.15, 0.2) is 60.8 Å². The topological polar surface area (TPSA) is 175 Å². The fourth-order valence-electron chi connectivity index (χ4n) is 11.2. The lowest BCUT2D eigenvalue weighted by atomic mass is 9.99. The first-order chi connectivity index (χ1) is 41.7. The molecule has 1 fully saturated rings. The molecule has 0 aromatic carbocycles. The van der Waals surface area contributed by atoms with Crippen molar-refractivity contribution in [3.63, 3.8) is 0 Å². The summed E-state index contributed by atoms with van der Waals surface area (Å²) < 4.78 is 17.7. The van der Waals surface area contributed by atoms with E-state index in [1.807, 2.05) is 6.08 Å². The standard InChI is InChI=1S/C74H135NO10/c1-4-7-10-13-16-19-22-25-27-29-30-31-32-33-34-35-36-37-39-40-43-46-49-52-55-58-61-67(78)73(82)75-65(66(77)60-57-54-51-48-45-42-24-21-18-15-12-9-6-3)64-83-74-72(71(81)70(80)68(63-76)84-74)85-69(79)62-59-56-53-50-47-44-41-38-28-26-23-20-17-14-11-8-5-2/h16,19,25-28,30-31,57,60,65-68,70-72,74,76-78,80-81H,4-15,17-18,20-24,29,32-56,58-59,61-64H2,1-3H3,(H,75,82)/b19-16-,27-25-,28-26+,31-30-,60-57+. The Morgan fingerprint density at radius 1 is 0.459 bits per heavy atom. The van der Waals surface area contributed by atoms with E-state index in [0.29, 0.717) is 19.3 Å². The van der Waals surface area contributed by atoms with Gasteiger partial charge in [0.1, 0.15) is 24.4 Å². The van der Waals surface area contributed by atoms with Gasteiger partial charge < -0.3 is 45.1 Å². The van der Waals surface area contributed by atoms with Crippen molar-refractivity contribution in [2.75, 3.05) is 13.2 Å². The van der Waals surface area contributed by atoms with E-state index >= 15 is 0 Å². The van der Waals surface area contributed by atoms with E-state index < -0.39 is 67.4 Å². The first kappa shape index (κ1) is 80.4. The van der Waals surface area contributed by atoms with Crippen molar-refractivity contribution < 1.29 is 49.3 Å². The molecule has 8 unspecified atom stereocenters. The van der Waals surface area contributed by atoms with Gasteiger partial charge in [-0.15, -0.1) is 0 Å². The summed E-state index contributed by atoms with van der Waals surface area (Å²) in [7, 11) is 0. The lowest BCUT2D eigenvalue weighted by Gasteiger charge is -2.41.